The van der Waals surface area contributed by atoms with E-state index in [4.69, 9.17) is 4.74 Å². The number of ether oxygens (including phenoxy) is 1. The van der Waals surface area contributed by atoms with Crippen molar-refractivity contribution in [3.63, 3.8) is 0 Å². The quantitative estimate of drug-likeness (QED) is 0.379. The highest BCUT2D eigenvalue weighted by Crippen LogP contribution is 2.33. The number of nitrogens with zero attached hydrogens (tertiary/aromatic N) is 3. The fraction of sp³-hybridized carbons (Fsp3) is 0.696. The van der Waals surface area contributed by atoms with Crippen molar-refractivity contribution in [2.45, 2.75) is 51.2 Å². The molecule has 4 rings (SSSR count). The van der Waals surface area contributed by atoms with Crippen LogP contribution in [-0.2, 0) is 4.74 Å². The van der Waals surface area contributed by atoms with Crippen molar-refractivity contribution < 1.29 is 4.74 Å². The van der Waals surface area contributed by atoms with E-state index in [9.17, 15) is 0 Å². The third-order valence-electron chi connectivity index (χ3n) is 6.70. The first-order valence-electron chi connectivity index (χ1n) is 11.1. The Morgan fingerprint density at radius 3 is 2.59 bits per heavy atom. The Bertz CT molecular complexity index is 659. The van der Waals surface area contributed by atoms with Gasteiger partial charge in [-0.2, -0.15) is 0 Å². The lowest BCUT2D eigenvalue weighted by atomic mass is 9.89. The molecule has 5 nitrogen and oxygen atoms in total. The maximum absolute atomic E-state index is 6.19. The van der Waals surface area contributed by atoms with Crippen LogP contribution in [0.1, 0.15) is 49.3 Å². The second-order valence-electron chi connectivity index (χ2n) is 8.66. The molecule has 0 spiro atoms. The van der Waals surface area contributed by atoms with Crippen molar-refractivity contribution in [2.75, 3.05) is 46.4 Å². The Hall–Kier alpha value is -0.860. The van der Waals surface area contributed by atoms with E-state index < -0.39 is 0 Å². The van der Waals surface area contributed by atoms with E-state index in [0.29, 0.717) is 12.0 Å². The van der Waals surface area contributed by atoms with Crippen LogP contribution in [-0.4, -0.2) is 68.2 Å². The Balaban J connectivity index is 0.00000240. The largest absolute Gasteiger partial charge is 0.373 e. The number of rotatable bonds is 4. The summed E-state index contributed by atoms with van der Waals surface area (Å²) in [5.74, 6) is 1.56. The van der Waals surface area contributed by atoms with Gasteiger partial charge in [0, 0.05) is 45.2 Å². The van der Waals surface area contributed by atoms with Gasteiger partial charge in [-0.1, -0.05) is 29.8 Å². The van der Waals surface area contributed by atoms with Crippen LogP contribution in [0.4, 0.5) is 0 Å². The Morgan fingerprint density at radius 1 is 1.10 bits per heavy atom. The molecular weight excluding hydrogens is 475 g/mol. The lowest BCUT2D eigenvalue weighted by molar-refractivity contribution is -0.0266. The first-order valence-corrected chi connectivity index (χ1v) is 11.1. The highest BCUT2D eigenvalue weighted by molar-refractivity contribution is 14.0. The molecular formula is C23H37IN4O. The van der Waals surface area contributed by atoms with Gasteiger partial charge in [0.2, 0.25) is 0 Å². The molecule has 0 saturated carbocycles. The van der Waals surface area contributed by atoms with Gasteiger partial charge in [-0.25, -0.2) is 0 Å². The van der Waals surface area contributed by atoms with Crippen LogP contribution in [0.5, 0.6) is 0 Å². The molecule has 0 aliphatic carbocycles. The van der Waals surface area contributed by atoms with Crippen molar-refractivity contribution in [3.05, 3.63) is 35.4 Å². The van der Waals surface area contributed by atoms with Gasteiger partial charge < -0.3 is 15.0 Å². The van der Waals surface area contributed by atoms with Gasteiger partial charge in [0.15, 0.2) is 5.96 Å². The molecule has 3 atom stereocenters. The van der Waals surface area contributed by atoms with E-state index in [-0.39, 0.29) is 30.1 Å². The van der Waals surface area contributed by atoms with Gasteiger partial charge in [-0.3, -0.25) is 9.89 Å². The molecule has 0 amide bonds. The number of aliphatic imine (C=N–C) groups is 1. The summed E-state index contributed by atoms with van der Waals surface area (Å²) >= 11 is 0. The Labute approximate surface area is 193 Å². The minimum Gasteiger partial charge on any atom is -0.373 e. The van der Waals surface area contributed by atoms with Crippen LogP contribution >= 0.6 is 24.0 Å². The summed E-state index contributed by atoms with van der Waals surface area (Å²) in [6.07, 6.45) is 6.54. The van der Waals surface area contributed by atoms with Crippen molar-refractivity contribution in [2.24, 2.45) is 10.9 Å². The van der Waals surface area contributed by atoms with E-state index in [1.54, 1.807) is 0 Å². The monoisotopic (exact) mass is 512 g/mol. The molecule has 3 aliphatic rings. The lowest BCUT2D eigenvalue weighted by Crippen LogP contribution is -2.45. The van der Waals surface area contributed by atoms with Crippen molar-refractivity contribution >= 4 is 29.9 Å². The van der Waals surface area contributed by atoms with Gasteiger partial charge in [-0.15, -0.1) is 24.0 Å². The van der Waals surface area contributed by atoms with E-state index in [2.05, 4.69) is 51.3 Å². The minimum absolute atomic E-state index is 0. The third-order valence-corrected chi connectivity index (χ3v) is 6.70. The van der Waals surface area contributed by atoms with Gasteiger partial charge in [0.1, 0.15) is 0 Å². The zero-order chi connectivity index (χ0) is 19.3. The summed E-state index contributed by atoms with van der Waals surface area (Å²) in [5, 5.41) is 3.68. The molecule has 1 aromatic rings. The normalized spacial score (nSPS) is 28.4. The van der Waals surface area contributed by atoms with Gasteiger partial charge in [0.25, 0.3) is 0 Å². The number of nitrogens with one attached hydrogen (secondary N) is 1. The summed E-state index contributed by atoms with van der Waals surface area (Å²) in [7, 11) is 1.92. The zero-order valence-electron chi connectivity index (χ0n) is 18.0. The molecule has 0 radical (unpaired) electrons. The highest BCUT2D eigenvalue weighted by atomic mass is 127. The van der Waals surface area contributed by atoms with Crippen LogP contribution in [0.2, 0.25) is 0 Å². The molecule has 3 aliphatic heterocycles. The standard InChI is InChI=1S/C23H36N4O.HI/c1-18-7-9-19(10-8-18)22-20(6-5-15-28-22)16-25-23(24-2)27-14-11-21(17-27)26-12-3-4-13-26;/h7-10,20-22H,3-6,11-17H2,1-2H3,(H,24,25);1H. The Morgan fingerprint density at radius 2 is 1.86 bits per heavy atom. The molecule has 0 aromatic heterocycles. The van der Waals surface area contributed by atoms with E-state index >= 15 is 0 Å². The molecule has 1 N–H and O–H groups in total. The number of hydrogen-bond donors (Lipinski definition) is 1. The molecule has 29 heavy (non-hydrogen) atoms. The van der Waals surface area contributed by atoms with Crippen molar-refractivity contribution in [1.29, 1.82) is 0 Å². The first-order chi connectivity index (χ1) is 13.7. The number of aryl methyl sites for hydroxylation is 1. The molecule has 0 bridgehead atoms. The second kappa shape index (κ2) is 11.0. The average molecular weight is 512 g/mol. The molecule has 6 heteroatoms. The minimum atomic E-state index is 0. The van der Waals surface area contributed by atoms with E-state index in [1.807, 2.05) is 7.05 Å². The molecule has 3 heterocycles. The summed E-state index contributed by atoms with van der Waals surface area (Å²) in [6.45, 7) is 8.72. The fourth-order valence-corrected chi connectivity index (χ4v) is 5.07. The van der Waals surface area contributed by atoms with Crippen molar-refractivity contribution in [3.8, 4) is 0 Å². The predicted molar refractivity (Wildman–Crippen MR) is 130 cm³/mol. The van der Waals surface area contributed by atoms with Crippen LogP contribution in [0.25, 0.3) is 0 Å². The highest BCUT2D eigenvalue weighted by Gasteiger charge is 2.32. The molecule has 1 aromatic carbocycles. The topological polar surface area (TPSA) is 40.1 Å². The lowest BCUT2D eigenvalue weighted by Gasteiger charge is -2.33. The maximum Gasteiger partial charge on any atom is 0.193 e. The van der Waals surface area contributed by atoms with Crippen LogP contribution in [0.3, 0.4) is 0 Å². The molecule has 162 valence electrons. The average Bonchev–Trinajstić information content (AvgIpc) is 3.42. The summed E-state index contributed by atoms with van der Waals surface area (Å²) in [5.41, 5.74) is 2.61. The number of hydrogen-bond acceptors (Lipinski definition) is 3. The SMILES string of the molecule is CN=C(NCC1CCCOC1c1ccc(C)cc1)N1CCC(N2CCCC2)C1.I. The predicted octanol–water partition coefficient (Wildman–Crippen LogP) is 3.83. The van der Waals surface area contributed by atoms with Gasteiger partial charge in [-0.05, 0) is 57.7 Å². The number of guanidine groups is 1. The Kier molecular flexibility index (Phi) is 8.62. The summed E-state index contributed by atoms with van der Waals surface area (Å²) < 4.78 is 6.19. The zero-order valence-corrected chi connectivity index (χ0v) is 20.3. The smallest absolute Gasteiger partial charge is 0.193 e. The number of likely N-dealkylation sites (tertiary alicyclic amines) is 2. The molecule has 3 unspecified atom stereocenters. The van der Waals surface area contributed by atoms with Crippen LogP contribution < -0.4 is 5.32 Å². The molecule has 3 fully saturated rings. The second-order valence-corrected chi connectivity index (χ2v) is 8.66. The summed E-state index contributed by atoms with van der Waals surface area (Å²) in [6, 6.07) is 9.56. The van der Waals surface area contributed by atoms with Crippen LogP contribution in [0, 0.1) is 12.8 Å². The van der Waals surface area contributed by atoms with E-state index in [1.165, 1.54) is 49.9 Å². The number of benzene rings is 1. The maximum atomic E-state index is 6.19. The van der Waals surface area contributed by atoms with Crippen molar-refractivity contribution in [1.82, 2.24) is 15.1 Å². The first kappa shape index (κ1) is 22.8. The number of halogens is 1. The summed E-state index contributed by atoms with van der Waals surface area (Å²) in [4.78, 5) is 9.73. The third kappa shape index (κ3) is 5.64. The van der Waals surface area contributed by atoms with E-state index in [0.717, 1.165) is 38.6 Å². The molecule has 3 saturated heterocycles. The fourth-order valence-electron chi connectivity index (χ4n) is 5.07. The van der Waals surface area contributed by atoms with Crippen LogP contribution in [0.15, 0.2) is 29.3 Å². The van der Waals surface area contributed by atoms with Gasteiger partial charge in [0.05, 0.1) is 6.10 Å². The van der Waals surface area contributed by atoms with Gasteiger partial charge >= 0.3 is 0 Å².